The number of hydrogen-bond acceptors (Lipinski definition) is 3. The van der Waals surface area contributed by atoms with Crippen LogP contribution in [0.3, 0.4) is 0 Å². The van der Waals surface area contributed by atoms with Gasteiger partial charge in [-0.25, -0.2) is 0 Å². The summed E-state index contributed by atoms with van der Waals surface area (Å²) in [4.78, 5) is 33.4. The third-order valence-electron chi connectivity index (χ3n) is 7.45. The molecule has 0 spiro atoms. The molecule has 1 aliphatic heterocycles. The van der Waals surface area contributed by atoms with Gasteiger partial charge in [-0.3, -0.25) is 14.6 Å². The van der Waals surface area contributed by atoms with Crippen LogP contribution in [-0.4, -0.2) is 51.4 Å². The van der Waals surface area contributed by atoms with Crippen molar-refractivity contribution in [2.45, 2.75) is 44.1 Å². The lowest BCUT2D eigenvalue weighted by molar-refractivity contribution is -0.189. The van der Waals surface area contributed by atoms with E-state index in [-0.39, 0.29) is 42.4 Å². The number of carbonyl (C=O) groups excluding carboxylic acids is 2. The van der Waals surface area contributed by atoms with Gasteiger partial charge >= 0.3 is 12.1 Å². The maximum Gasteiger partial charge on any atom is 0.471 e. The van der Waals surface area contributed by atoms with Gasteiger partial charge < -0.3 is 9.80 Å². The summed E-state index contributed by atoms with van der Waals surface area (Å²) < 4.78 is 41.8. The fourth-order valence-corrected chi connectivity index (χ4v) is 5.97. The summed E-state index contributed by atoms with van der Waals surface area (Å²) in [6, 6.07) is 21.6. The highest BCUT2D eigenvalue weighted by atomic mass is 35.5. The van der Waals surface area contributed by atoms with Crippen LogP contribution in [-0.2, 0) is 17.8 Å². The molecule has 41 heavy (non-hydrogen) atoms. The second kappa shape index (κ2) is 12.1. The fraction of sp³-hybridized carbons (Fsp3) is 0.258. The molecule has 0 radical (unpaired) electrons. The van der Waals surface area contributed by atoms with E-state index in [1.165, 1.54) is 12.3 Å². The number of halogens is 5. The van der Waals surface area contributed by atoms with Gasteiger partial charge in [-0.2, -0.15) is 13.2 Å². The molecule has 3 aromatic carbocycles. The van der Waals surface area contributed by atoms with E-state index >= 15 is 0 Å². The molecule has 5 rings (SSSR count). The van der Waals surface area contributed by atoms with Crippen molar-refractivity contribution < 1.29 is 22.8 Å². The highest BCUT2D eigenvalue weighted by molar-refractivity contribution is 6.36. The van der Waals surface area contributed by atoms with Crippen molar-refractivity contribution in [3.8, 4) is 0 Å². The van der Waals surface area contributed by atoms with Gasteiger partial charge in [0.15, 0.2) is 0 Å². The van der Waals surface area contributed by atoms with Crippen molar-refractivity contribution >= 4 is 45.9 Å². The molecular weight excluding hydrogens is 574 g/mol. The number of aromatic nitrogens is 1. The van der Waals surface area contributed by atoms with Crippen molar-refractivity contribution in [3.05, 3.63) is 112 Å². The Hall–Kier alpha value is -3.62. The molecule has 212 valence electrons. The molecule has 0 aliphatic carbocycles. The van der Waals surface area contributed by atoms with Crippen LogP contribution in [0.2, 0.25) is 10.0 Å². The smallest absolute Gasteiger partial charge is 0.335 e. The third-order valence-corrected chi connectivity index (χ3v) is 8.00. The zero-order valence-electron chi connectivity index (χ0n) is 21.8. The summed E-state index contributed by atoms with van der Waals surface area (Å²) in [5, 5.41) is 1.26. The number of benzene rings is 3. The van der Waals surface area contributed by atoms with E-state index in [4.69, 9.17) is 23.2 Å². The van der Waals surface area contributed by atoms with E-state index in [0.29, 0.717) is 27.9 Å². The van der Waals surface area contributed by atoms with Gasteiger partial charge in [0, 0.05) is 41.8 Å². The number of hydrogen-bond donors (Lipinski definition) is 0. The maximum atomic E-state index is 13.9. The highest BCUT2D eigenvalue weighted by Crippen LogP contribution is 2.33. The standard InChI is InChI=1S/C31H26Cl2F3N3O2/c32-22-10-11-26(27(33)17-22)29(40)38-15-13-23(18-24(38)16-20-6-2-1-3-7-20)39(30(41)31(34,35)36)19-21-12-14-37-28-9-5-4-8-25(21)28/h1-12,14,17,23-24H,13,15-16,18-19H2. The van der Waals surface area contributed by atoms with E-state index in [0.717, 1.165) is 10.5 Å². The number of rotatable bonds is 6. The molecule has 0 saturated carbocycles. The largest absolute Gasteiger partial charge is 0.471 e. The number of nitrogens with zero attached hydrogens (tertiary/aromatic N) is 3. The molecule has 1 saturated heterocycles. The molecule has 0 bridgehead atoms. The Kier molecular flexibility index (Phi) is 8.52. The lowest BCUT2D eigenvalue weighted by atomic mass is 9.90. The van der Waals surface area contributed by atoms with Crippen molar-refractivity contribution in [1.82, 2.24) is 14.8 Å². The summed E-state index contributed by atoms with van der Waals surface area (Å²) in [6.45, 7) is -0.0836. The second-order valence-corrected chi connectivity index (χ2v) is 10.9. The first-order valence-corrected chi connectivity index (χ1v) is 13.9. The minimum Gasteiger partial charge on any atom is -0.335 e. The second-order valence-electron chi connectivity index (χ2n) is 10.1. The van der Waals surface area contributed by atoms with E-state index in [9.17, 15) is 22.8 Å². The molecule has 5 nitrogen and oxygen atoms in total. The van der Waals surface area contributed by atoms with E-state index in [1.807, 2.05) is 30.3 Å². The monoisotopic (exact) mass is 599 g/mol. The highest BCUT2D eigenvalue weighted by Gasteiger charge is 2.46. The van der Waals surface area contributed by atoms with Crippen molar-refractivity contribution in [1.29, 1.82) is 0 Å². The third kappa shape index (κ3) is 6.49. The van der Waals surface area contributed by atoms with Crippen LogP contribution >= 0.6 is 23.2 Å². The van der Waals surface area contributed by atoms with Crippen molar-refractivity contribution in [2.75, 3.05) is 6.54 Å². The summed E-state index contributed by atoms with van der Waals surface area (Å²) in [7, 11) is 0. The van der Waals surface area contributed by atoms with Gasteiger partial charge in [-0.05, 0) is 60.7 Å². The molecule has 4 aromatic rings. The maximum absolute atomic E-state index is 13.9. The zero-order chi connectivity index (χ0) is 29.1. The molecule has 1 aromatic heterocycles. The Morgan fingerprint density at radius 2 is 1.71 bits per heavy atom. The number of pyridine rings is 1. The summed E-state index contributed by atoms with van der Waals surface area (Å²) in [5.41, 5.74) is 2.39. The molecule has 1 aliphatic rings. The first-order chi connectivity index (χ1) is 19.6. The Balaban J connectivity index is 1.48. The first kappa shape index (κ1) is 28.9. The Morgan fingerprint density at radius 1 is 0.976 bits per heavy atom. The van der Waals surface area contributed by atoms with Crippen LogP contribution in [0.1, 0.15) is 34.3 Å². The summed E-state index contributed by atoms with van der Waals surface area (Å²) in [5.74, 6) is -2.23. The number of fused-ring (bicyclic) bond motifs is 1. The summed E-state index contributed by atoms with van der Waals surface area (Å²) >= 11 is 12.4. The number of para-hydroxylation sites is 1. The van der Waals surface area contributed by atoms with Crippen LogP contribution in [0.15, 0.2) is 85.1 Å². The molecule has 10 heteroatoms. The number of piperidine rings is 1. The van der Waals surface area contributed by atoms with Crippen molar-refractivity contribution in [3.63, 3.8) is 0 Å². The predicted octanol–water partition coefficient (Wildman–Crippen LogP) is 7.35. The number of amides is 2. The SMILES string of the molecule is O=C(c1ccc(Cl)cc1Cl)N1CCC(N(Cc2ccnc3ccccc23)C(=O)C(F)(F)F)CC1Cc1ccccc1. The average molecular weight is 600 g/mol. The normalized spacial score (nSPS) is 17.4. The topological polar surface area (TPSA) is 53.5 Å². The summed E-state index contributed by atoms with van der Waals surface area (Å²) in [6.07, 6.45) is -2.78. The molecular formula is C31H26Cl2F3N3O2. The minimum absolute atomic E-state index is 0.151. The van der Waals surface area contributed by atoms with Gasteiger partial charge in [0.1, 0.15) is 0 Å². The predicted molar refractivity (Wildman–Crippen MR) is 153 cm³/mol. The molecule has 1 fully saturated rings. The van der Waals surface area contributed by atoms with E-state index in [1.54, 1.807) is 47.4 Å². The van der Waals surface area contributed by atoms with Gasteiger partial charge in [-0.1, -0.05) is 71.7 Å². The van der Waals surface area contributed by atoms with Crippen LogP contribution in [0.5, 0.6) is 0 Å². The van der Waals surface area contributed by atoms with E-state index < -0.39 is 24.2 Å². The molecule has 2 atom stereocenters. The van der Waals surface area contributed by atoms with Gasteiger partial charge in [0.25, 0.3) is 5.91 Å². The fourth-order valence-electron chi connectivity index (χ4n) is 5.48. The Morgan fingerprint density at radius 3 is 2.44 bits per heavy atom. The van der Waals surface area contributed by atoms with Gasteiger partial charge in [0.2, 0.25) is 0 Å². The van der Waals surface area contributed by atoms with Crippen LogP contribution in [0.4, 0.5) is 13.2 Å². The Labute approximate surface area is 245 Å². The molecule has 2 heterocycles. The van der Waals surface area contributed by atoms with Gasteiger partial charge in [-0.15, -0.1) is 0 Å². The van der Waals surface area contributed by atoms with Crippen molar-refractivity contribution in [2.24, 2.45) is 0 Å². The van der Waals surface area contributed by atoms with Crippen LogP contribution in [0, 0.1) is 0 Å². The number of alkyl halides is 3. The average Bonchev–Trinajstić information content (AvgIpc) is 2.95. The van der Waals surface area contributed by atoms with E-state index in [2.05, 4.69) is 4.98 Å². The quantitative estimate of drug-likeness (QED) is 0.233. The first-order valence-electron chi connectivity index (χ1n) is 13.1. The lowest BCUT2D eigenvalue weighted by Gasteiger charge is -2.44. The number of likely N-dealkylation sites (tertiary alicyclic amines) is 1. The molecule has 2 amide bonds. The van der Waals surface area contributed by atoms with Crippen LogP contribution < -0.4 is 0 Å². The molecule has 2 unspecified atom stereocenters. The lowest BCUT2D eigenvalue weighted by Crippen LogP contribution is -2.55. The number of carbonyl (C=O) groups is 2. The minimum atomic E-state index is -5.05. The zero-order valence-corrected chi connectivity index (χ0v) is 23.3. The van der Waals surface area contributed by atoms with Crippen LogP contribution in [0.25, 0.3) is 10.9 Å². The van der Waals surface area contributed by atoms with Gasteiger partial charge in [0.05, 0.1) is 16.1 Å². The Bertz CT molecular complexity index is 1560. The molecule has 0 N–H and O–H groups in total.